The van der Waals surface area contributed by atoms with E-state index in [0.29, 0.717) is 11.5 Å². The van der Waals surface area contributed by atoms with Gasteiger partial charge in [-0.25, -0.2) is 10.0 Å². The van der Waals surface area contributed by atoms with Crippen molar-refractivity contribution < 1.29 is 0 Å². The van der Waals surface area contributed by atoms with Crippen molar-refractivity contribution in [3.05, 3.63) is 57.6 Å². The van der Waals surface area contributed by atoms with Gasteiger partial charge in [0.1, 0.15) is 0 Å². The number of rotatable bonds is 3. The molecule has 1 aliphatic rings. The Morgan fingerprint density at radius 1 is 1.04 bits per heavy atom. The summed E-state index contributed by atoms with van der Waals surface area (Å²) in [6.45, 7) is 11.6. The van der Waals surface area contributed by atoms with Gasteiger partial charge in [-0.15, -0.1) is 0 Å². The Morgan fingerprint density at radius 3 is 2.17 bits per heavy atom. The summed E-state index contributed by atoms with van der Waals surface area (Å²) < 4.78 is 0. The van der Waals surface area contributed by atoms with Gasteiger partial charge in [-0.1, -0.05) is 45.0 Å². The summed E-state index contributed by atoms with van der Waals surface area (Å²) in [6, 6.07) is 9.04. The zero-order valence-corrected chi connectivity index (χ0v) is 16.9. The highest BCUT2D eigenvalue weighted by molar-refractivity contribution is 8.35. The first-order chi connectivity index (χ1) is 10.5. The van der Waals surface area contributed by atoms with Gasteiger partial charge in [0.05, 0.1) is 6.04 Å². The number of allylic oxidation sites excluding steroid dienone is 1. The molecule has 128 valence electrons. The Morgan fingerprint density at radius 2 is 1.65 bits per heavy atom. The van der Waals surface area contributed by atoms with Crippen molar-refractivity contribution in [1.29, 1.82) is 0 Å². The predicted molar refractivity (Wildman–Crippen MR) is 107 cm³/mol. The van der Waals surface area contributed by atoms with E-state index in [1.54, 1.807) is 5.57 Å². The van der Waals surface area contributed by atoms with Crippen LogP contribution in [0.4, 0.5) is 0 Å². The molecule has 0 saturated carbocycles. The third-order valence-corrected chi connectivity index (χ3v) is 6.14. The Labute approximate surface area is 144 Å². The van der Waals surface area contributed by atoms with Crippen LogP contribution in [0.1, 0.15) is 51.3 Å². The Hall–Kier alpha value is -1.15. The number of aryl methyl sites for hydroxylation is 1. The number of hydrogen-bond donors (Lipinski definition) is 1. The molecule has 2 heteroatoms. The Kier molecular flexibility index (Phi) is 5.06. The fraction of sp³-hybridized carbons (Fsp3) is 0.524. The van der Waals surface area contributed by atoms with Gasteiger partial charge in [-0.05, 0) is 66.7 Å². The average Bonchev–Trinajstić information content (AvgIpc) is 2.39. The summed E-state index contributed by atoms with van der Waals surface area (Å²) in [7, 11) is -0.755. The van der Waals surface area contributed by atoms with E-state index >= 15 is 0 Å². The fourth-order valence-corrected chi connectivity index (χ4v) is 4.67. The van der Waals surface area contributed by atoms with Gasteiger partial charge >= 0.3 is 0 Å². The van der Waals surface area contributed by atoms with Crippen LogP contribution in [0, 0.1) is 12.3 Å². The van der Waals surface area contributed by atoms with Crippen molar-refractivity contribution in [2.75, 3.05) is 18.8 Å². The van der Waals surface area contributed by atoms with Crippen molar-refractivity contribution in [2.45, 2.75) is 47.1 Å². The van der Waals surface area contributed by atoms with Crippen molar-refractivity contribution in [1.82, 2.24) is 5.32 Å². The molecule has 1 aromatic carbocycles. The second kappa shape index (κ2) is 6.39. The third-order valence-electron chi connectivity index (χ3n) is 4.45. The highest BCUT2D eigenvalue weighted by atomic mass is 32.3. The highest BCUT2D eigenvalue weighted by Gasteiger charge is 2.29. The van der Waals surface area contributed by atoms with E-state index in [1.807, 2.05) is 0 Å². The van der Waals surface area contributed by atoms with Gasteiger partial charge in [0, 0.05) is 11.1 Å². The predicted octanol–water partition coefficient (Wildman–Crippen LogP) is 5.93. The summed E-state index contributed by atoms with van der Waals surface area (Å²) in [5.74, 6) is 0. The molecule has 0 fully saturated rings. The molecule has 0 spiro atoms. The molecule has 1 atom stereocenters. The second-order valence-corrected chi connectivity index (χ2v) is 12.8. The molecule has 0 amide bonds. The van der Waals surface area contributed by atoms with Crippen LogP contribution in [0.2, 0.25) is 0 Å². The van der Waals surface area contributed by atoms with Crippen molar-refractivity contribution in [3.8, 4) is 0 Å². The standard InChI is InChI=1S/C21H33NS/c1-15-11-9-10-12-17(15)20-16(2)18(13-21(3,4)5)19(14-22-20)23(6,7)8/h9-12,14,20,22H,13H2,1-8H3. The maximum atomic E-state index is 3.70. The smallest absolute Gasteiger partial charge is 0.0728 e. The van der Waals surface area contributed by atoms with Gasteiger partial charge in [-0.3, -0.25) is 0 Å². The number of benzene rings is 1. The van der Waals surface area contributed by atoms with Crippen LogP contribution in [0.3, 0.4) is 0 Å². The molecule has 0 saturated heterocycles. The number of dihydropyridines is 1. The quantitative estimate of drug-likeness (QED) is 0.724. The summed E-state index contributed by atoms with van der Waals surface area (Å²) in [5, 5.41) is 3.70. The summed E-state index contributed by atoms with van der Waals surface area (Å²) in [6.07, 6.45) is 10.6. The van der Waals surface area contributed by atoms with E-state index in [9.17, 15) is 0 Å². The van der Waals surface area contributed by atoms with Crippen LogP contribution in [0.5, 0.6) is 0 Å². The zero-order valence-electron chi connectivity index (χ0n) is 16.1. The van der Waals surface area contributed by atoms with Crippen LogP contribution >= 0.6 is 10.0 Å². The average molecular weight is 332 g/mol. The molecule has 1 aromatic rings. The lowest BCUT2D eigenvalue weighted by molar-refractivity contribution is 0.408. The summed E-state index contributed by atoms with van der Waals surface area (Å²) in [5.41, 5.74) is 6.13. The molecule has 0 bridgehead atoms. The molecular weight excluding hydrogens is 298 g/mol. The molecule has 1 unspecified atom stereocenters. The topological polar surface area (TPSA) is 12.0 Å². The Bertz CT molecular complexity index is 639. The van der Waals surface area contributed by atoms with Gasteiger partial charge in [0.2, 0.25) is 0 Å². The van der Waals surface area contributed by atoms with Crippen LogP contribution in [0.15, 0.2) is 46.5 Å². The zero-order chi connectivity index (χ0) is 17.4. The first-order valence-corrected chi connectivity index (χ1v) is 11.3. The van der Waals surface area contributed by atoms with E-state index < -0.39 is 10.0 Å². The monoisotopic (exact) mass is 331 g/mol. The second-order valence-electron chi connectivity index (χ2n) is 8.70. The number of hydrogen-bond acceptors (Lipinski definition) is 1. The minimum Gasteiger partial charge on any atom is -0.379 e. The SMILES string of the molecule is CC1=C(CC(C)(C)C)C(S(C)(C)C)=CNC1c1ccccc1C. The maximum absolute atomic E-state index is 3.70. The molecule has 1 aliphatic heterocycles. The van der Waals surface area contributed by atoms with E-state index in [0.717, 1.165) is 6.42 Å². The first-order valence-electron chi connectivity index (χ1n) is 8.41. The molecule has 23 heavy (non-hydrogen) atoms. The normalized spacial score (nSPS) is 20.2. The first kappa shape index (κ1) is 18.2. The van der Waals surface area contributed by atoms with E-state index in [-0.39, 0.29) is 0 Å². The van der Waals surface area contributed by atoms with Crippen LogP contribution in [0.25, 0.3) is 0 Å². The van der Waals surface area contributed by atoms with Gasteiger partial charge in [0.25, 0.3) is 0 Å². The van der Waals surface area contributed by atoms with Crippen LogP contribution < -0.4 is 5.32 Å². The van der Waals surface area contributed by atoms with Crippen molar-refractivity contribution in [2.24, 2.45) is 5.41 Å². The molecule has 2 rings (SSSR count). The molecule has 0 radical (unpaired) electrons. The van der Waals surface area contributed by atoms with Crippen LogP contribution in [-0.2, 0) is 0 Å². The lowest BCUT2D eigenvalue weighted by Crippen LogP contribution is -2.26. The fourth-order valence-electron chi connectivity index (χ4n) is 3.28. The van der Waals surface area contributed by atoms with Gasteiger partial charge < -0.3 is 5.32 Å². The van der Waals surface area contributed by atoms with Crippen LogP contribution in [-0.4, -0.2) is 18.8 Å². The van der Waals surface area contributed by atoms with Gasteiger partial charge in [0.15, 0.2) is 0 Å². The molecule has 1 nitrogen and oxygen atoms in total. The van der Waals surface area contributed by atoms with E-state index in [4.69, 9.17) is 0 Å². The van der Waals surface area contributed by atoms with Crippen molar-refractivity contribution in [3.63, 3.8) is 0 Å². The number of nitrogens with one attached hydrogen (secondary N) is 1. The maximum Gasteiger partial charge on any atom is 0.0728 e. The van der Waals surface area contributed by atoms with Crippen molar-refractivity contribution >= 4 is 10.0 Å². The van der Waals surface area contributed by atoms with Gasteiger partial charge in [-0.2, -0.15) is 0 Å². The molecule has 0 aliphatic carbocycles. The summed E-state index contributed by atoms with van der Waals surface area (Å²) >= 11 is 0. The minimum absolute atomic E-state index is 0.300. The molecule has 0 aromatic heterocycles. The lowest BCUT2D eigenvalue weighted by atomic mass is 9.82. The summed E-state index contributed by atoms with van der Waals surface area (Å²) in [4.78, 5) is 1.54. The molecular formula is C21H33NS. The highest BCUT2D eigenvalue weighted by Crippen LogP contribution is 2.53. The molecule has 1 N–H and O–H groups in total. The minimum atomic E-state index is -0.755. The third kappa shape index (κ3) is 4.23. The van der Waals surface area contributed by atoms with E-state index in [1.165, 1.54) is 21.6 Å². The molecule has 1 heterocycles. The Balaban J connectivity index is 2.52. The largest absolute Gasteiger partial charge is 0.379 e. The van der Waals surface area contributed by atoms with E-state index in [2.05, 4.69) is 89.2 Å². The lowest BCUT2D eigenvalue weighted by Gasteiger charge is -2.39.